The van der Waals surface area contributed by atoms with E-state index >= 15 is 0 Å². The summed E-state index contributed by atoms with van der Waals surface area (Å²) in [5.41, 5.74) is 0. The molecule has 1 unspecified atom stereocenters. The number of ether oxygens (including phenoxy) is 1. The summed E-state index contributed by atoms with van der Waals surface area (Å²) in [5, 5.41) is 2.04. The third-order valence-electron chi connectivity index (χ3n) is 4.34. The molecule has 2 aromatic heterocycles. The lowest BCUT2D eigenvalue weighted by Crippen LogP contribution is -2.45. The van der Waals surface area contributed by atoms with Gasteiger partial charge in [0, 0.05) is 24.9 Å². The molecule has 2 aromatic rings. The number of hydrogen-bond acceptors (Lipinski definition) is 5. The minimum absolute atomic E-state index is 0.0122. The predicted molar refractivity (Wildman–Crippen MR) is 94.0 cm³/mol. The second-order valence-electron chi connectivity index (χ2n) is 6.05. The maximum atomic E-state index is 12.6. The van der Waals surface area contributed by atoms with Gasteiger partial charge in [0.15, 0.2) is 0 Å². The van der Waals surface area contributed by atoms with Gasteiger partial charge in [-0.1, -0.05) is 13.0 Å². The molecule has 130 valence electrons. The third-order valence-corrected chi connectivity index (χ3v) is 5.20. The average Bonchev–Trinajstić information content (AvgIpc) is 3.26. The van der Waals surface area contributed by atoms with Crippen molar-refractivity contribution in [3.05, 3.63) is 46.0 Å². The van der Waals surface area contributed by atoms with Gasteiger partial charge in [0.1, 0.15) is 11.5 Å². The van der Waals surface area contributed by atoms with Crippen molar-refractivity contribution >= 4 is 17.2 Å². The maximum Gasteiger partial charge on any atom is 0.236 e. The van der Waals surface area contributed by atoms with E-state index in [9.17, 15) is 4.79 Å². The van der Waals surface area contributed by atoms with Gasteiger partial charge in [-0.05, 0) is 23.6 Å². The largest absolute Gasteiger partial charge is 0.464 e. The molecule has 0 saturated carbocycles. The molecule has 0 radical (unpaired) electrons. The normalized spacial score (nSPS) is 18.7. The van der Waals surface area contributed by atoms with E-state index in [1.165, 1.54) is 4.88 Å². The van der Waals surface area contributed by atoms with Gasteiger partial charge in [0.2, 0.25) is 5.91 Å². The van der Waals surface area contributed by atoms with Crippen molar-refractivity contribution in [1.29, 1.82) is 0 Å². The Morgan fingerprint density at radius 2 is 2.29 bits per heavy atom. The number of likely N-dealkylation sites (N-methyl/N-ethyl adjacent to an activating group) is 1. The molecule has 1 atom stereocenters. The molecular weight excluding hydrogens is 324 g/mol. The molecule has 1 saturated heterocycles. The highest BCUT2D eigenvalue weighted by Gasteiger charge is 2.29. The van der Waals surface area contributed by atoms with Crippen LogP contribution in [0.2, 0.25) is 0 Å². The van der Waals surface area contributed by atoms with E-state index in [0.29, 0.717) is 26.3 Å². The molecule has 1 aliphatic rings. The van der Waals surface area contributed by atoms with Gasteiger partial charge in [-0.3, -0.25) is 9.69 Å². The molecule has 6 heteroatoms. The van der Waals surface area contributed by atoms with Crippen LogP contribution in [0.25, 0.3) is 0 Å². The van der Waals surface area contributed by atoms with Crippen LogP contribution < -0.4 is 0 Å². The number of carbonyl (C=O) groups is 1. The van der Waals surface area contributed by atoms with E-state index in [-0.39, 0.29) is 11.9 Å². The fraction of sp³-hybridized carbons (Fsp3) is 0.500. The summed E-state index contributed by atoms with van der Waals surface area (Å²) in [7, 11) is 1.86. The van der Waals surface area contributed by atoms with E-state index in [0.717, 1.165) is 24.5 Å². The number of furan rings is 1. The first-order valence-electron chi connectivity index (χ1n) is 8.34. The number of morpholine rings is 1. The van der Waals surface area contributed by atoms with E-state index < -0.39 is 0 Å². The molecule has 3 heterocycles. The standard InChI is InChI=1S/C18H24N2O3S/c1-3-14-6-7-17(23-14)16-13-22-9-8-20(16)12-18(21)19(2)11-15-5-4-10-24-15/h4-7,10,16H,3,8-9,11-13H2,1-2H3. The van der Waals surface area contributed by atoms with Gasteiger partial charge in [-0.15, -0.1) is 11.3 Å². The first kappa shape index (κ1) is 17.2. The van der Waals surface area contributed by atoms with E-state index in [1.54, 1.807) is 16.2 Å². The van der Waals surface area contributed by atoms with Gasteiger partial charge in [-0.25, -0.2) is 0 Å². The molecule has 1 aliphatic heterocycles. The summed E-state index contributed by atoms with van der Waals surface area (Å²) in [6, 6.07) is 8.09. The van der Waals surface area contributed by atoms with E-state index in [1.807, 2.05) is 30.6 Å². The van der Waals surface area contributed by atoms with Crippen LogP contribution in [-0.4, -0.2) is 49.1 Å². The van der Waals surface area contributed by atoms with Crippen LogP contribution in [0.5, 0.6) is 0 Å². The summed E-state index contributed by atoms with van der Waals surface area (Å²) in [5.74, 6) is 1.98. The predicted octanol–water partition coefficient (Wildman–Crippen LogP) is 2.94. The number of amides is 1. The van der Waals surface area contributed by atoms with Crippen molar-refractivity contribution in [3.63, 3.8) is 0 Å². The van der Waals surface area contributed by atoms with Crippen LogP contribution >= 0.6 is 11.3 Å². The van der Waals surface area contributed by atoms with Gasteiger partial charge in [0.25, 0.3) is 0 Å². The second kappa shape index (κ2) is 7.96. The highest BCUT2D eigenvalue weighted by atomic mass is 32.1. The van der Waals surface area contributed by atoms with Crippen LogP contribution in [0, 0.1) is 0 Å². The van der Waals surface area contributed by atoms with Crippen molar-refractivity contribution in [1.82, 2.24) is 9.80 Å². The molecule has 0 aliphatic carbocycles. The summed E-state index contributed by atoms with van der Waals surface area (Å²) in [6.07, 6.45) is 0.871. The third kappa shape index (κ3) is 4.06. The van der Waals surface area contributed by atoms with Gasteiger partial charge < -0.3 is 14.1 Å². The molecule has 0 bridgehead atoms. The number of carbonyl (C=O) groups excluding carboxylic acids is 1. The van der Waals surface area contributed by atoms with Crippen LogP contribution in [0.3, 0.4) is 0 Å². The Morgan fingerprint density at radius 3 is 3.00 bits per heavy atom. The van der Waals surface area contributed by atoms with Crippen LogP contribution in [0.15, 0.2) is 34.1 Å². The summed E-state index contributed by atoms with van der Waals surface area (Å²) >= 11 is 1.67. The Bertz CT molecular complexity index is 653. The molecule has 1 fully saturated rings. The Labute approximate surface area is 146 Å². The lowest BCUT2D eigenvalue weighted by atomic mass is 10.1. The minimum Gasteiger partial charge on any atom is -0.464 e. The Hall–Kier alpha value is -1.63. The van der Waals surface area contributed by atoms with Gasteiger partial charge >= 0.3 is 0 Å². The maximum absolute atomic E-state index is 12.6. The number of aryl methyl sites for hydroxylation is 1. The Morgan fingerprint density at radius 1 is 1.42 bits per heavy atom. The zero-order valence-corrected chi connectivity index (χ0v) is 15.1. The molecule has 0 N–H and O–H groups in total. The van der Waals surface area contributed by atoms with Crippen molar-refractivity contribution in [3.8, 4) is 0 Å². The lowest BCUT2D eigenvalue weighted by Gasteiger charge is -2.34. The van der Waals surface area contributed by atoms with E-state index in [2.05, 4.69) is 17.9 Å². The monoisotopic (exact) mass is 348 g/mol. The average molecular weight is 348 g/mol. The Kier molecular flexibility index (Phi) is 5.71. The fourth-order valence-electron chi connectivity index (χ4n) is 2.87. The van der Waals surface area contributed by atoms with Crippen molar-refractivity contribution in [2.24, 2.45) is 0 Å². The number of thiophene rings is 1. The van der Waals surface area contributed by atoms with Crippen LogP contribution in [0.1, 0.15) is 29.4 Å². The van der Waals surface area contributed by atoms with Crippen molar-refractivity contribution < 1.29 is 13.9 Å². The lowest BCUT2D eigenvalue weighted by molar-refractivity contribution is -0.134. The highest BCUT2D eigenvalue weighted by molar-refractivity contribution is 7.09. The number of nitrogens with zero attached hydrogens (tertiary/aromatic N) is 2. The molecule has 3 rings (SSSR count). The van der Waals surface area contributed by atoms with Crippen molar-refractivity contribution in [2.75, 3.05) is 33.4 Å². The molecule has 1 amide bonds. The van der Waals surface area contributed by atoms with Crippen LogP contribution in [-0.2, 0) is 22.5 Å². The van der Waals surface area contributed by atoms with Crippen LogP contribution in [0.4, 0.5) is 0 Å². The minimum atomic E-state index is 0.0122. The van der Waals surface area contributed by atoms with Crippen molar-refractivity contribution in [2.45, 2.75) is 25.9 Å². The smallest absolute Gasteiger partial charge is 0.236 e. The molecule has 5 nitrogen and oxygen atoms in total. The molecular formula is C18H24N2O3S. The zero-order chi connectivity index (χ0) is 16.9. The number of rotatable bonds is 6. The highest BCUT2D eigenvalue weighted by Crippen LogP contribution is 2.26. The summed E-state index contributed by atoms with van der Waals surface area (Å²) < 4.78 is 11.5. The topological polar surface area (TPSA) is 45.9 Å². The summed E-state index contributed by atoms with van der Waals surface area (Å²) in [4.78, 5) is 17.7. The molecule has 0 spiro atoms. The summed E-state index contributed by atoms with van der Waals surface area (Å²) in [6.45, 7) is 5.08. The van der Waals surface area contributed by atoms with Gasteiger partial charge in [-0.2, -0.15) is 0 Å². The molecule has 24 heavy (non-hydrogen) atoms. The molecule has 0 aromatic carbocycles. The SMILES string of the molecule is CCc1ccc(C2COCCN2CC(=O)N(C)Cc2cccs2)o1. The Balaban J connectivity index is 1.63. The fourth-order valence-corrected chi connectivity index (χ4v) is 3.63. The first-order valence-corrected chi connectivity index (χ1v) is 9.22. The van der Waals surface area contributed by atoms with Gasteiger partial charge in [0.05, 0.1) is 32.3 Å². The zero-order valence-electron chi connectivity index (χ0n) is 14.2. The van der Waals surface area contributed by atoms with E-state index in [4.69, 9.17) is 9.15 Å². The quantitative estimate of drug-likeness (QED) is 0.805. The first-order chi connectivity index (χ1) is 11.7. The number of hydrogen-bond donors (Lipinski definition) is 0. The second-order valence-corrected chi connectivity index (χ2v) is 7.08.